The van der Waals surface area contributed by atoms with E-state index in [-0.39, 0.29) is 82.8 Å². The van der Waals surface area contributed by atoms with Crippen molar-refractivity contribution in [2.24, 2.45) is 17.6 Å². The fourth-order valence-electron chi connectivity index (χ4n) is 1.89. The van der Waals surface area contributed by atoms with Crippen LogP contribution in [0.4, 0.5) is 0 Å². The van der Waals surface area contributed by atoms with Crippen LogP contribution in [0.25, 0.3) is 0 Å². The van der Waals surface area contributed by atoms with Gasteiger partial charge < -0.3 is 0 Å². The molecule has 22 heavy (non-hydrogen) atoms. The molecule has 0 aliphatic rings. The van der Waals surface area contributed by atoms with E-state index in [2.05, 4.69) is 26.7 Å². The Morgan fingerprint density at radius 3 is 2.23 bits per heavy atom. The van der Waals surface area contributed by atoms with E-state index in [1.54, 1.807) is 6.29 Å². The third kappa shape index (κ3) is 9.86. The maximum absolute atomic E-state index is 11.1. The Labute approximate surface area is 167 Å². The summed E-state index contributed by atoms with van der Waals surface area (Å²) in [6.45, 7) is 15.6. The number of hydrogen-bond acceptors (Lipinski definition) is 3. The van der Waals surface area contributed by atoms with Crippen molar-refractivity contribution in [3.05, 3.63) is 34.6 Å². The Bertz CT molecular complexity index is 437. The van der Waals surface area contributed by atoms with E-state index >= 15 is 0 Å². The minimum absolute atomic E-state index is 0. The number of hydrogen-bond donors (Lipinski definition) is 2. The minimum atomic E-state index is -0.503. The van der Waals surface area contributed by atoms with Gasteiger partial charge in [-0.1, -0.05) is 0 Å². The van der Waals surface area contributed by atoms with Crippen molar-refractivity contribution in [3.63, 3.8) is 0 Å². The number of rotatable bonds is 11. The third-order valence-corrected chi connectivity index (χ3v) is 6.56. The second-order valence-electron chi connectivity index (χ2n) is 5.17. The molecule has 0 aromatic rings. The van der Waals surface area contributed by atoms with Crippen molar-refractivity contribution >= 4 is 12.2 Å². The summed E-state index contributed by atoms with van der Waals surface area (Å²) < 4.78 is 1.43. The molecule has 0 aliphatic carbocycles. The molecule has 124 valence electrons. The molecule has 0 bridgehead atoms. The van der Waals surface area contributed by atoms with Crippen molar-refractivity contribution in [1.29, 1.82) is 0 Å². The molecule has 4 nitrogen and oxygen atoms in total. The van der Waals surface area contributed by atoms with E-state index in [9.17, 15) is 14.7 Å². The van der Waals surface area contributed by atoms with Crippen LogP contribution in [0.5, 0.6) is 0 Å². The molecule has 6 heteroatoms. The van der Waals surface area contributed by atoms with Crippen molar-refractivity contribution in [2.75, 3.05) is 0 Å². The largest absolute Gasteiger partial charge is 0 e. The van der Waals surface area contributed by atoms with Crippen LogP contribution in [0.15, 0.2) is 34.6 Å². The molecule has 0 spiro atoms. The van der Waals surface area contributed by atoms with Crippen molar-refractivity contribution in [3.8, 4) is 0 Å². The van der Waals surface area contributed by atoms with Gasteiger partial charge in [0.1, 0.15) is 0 Å². The number of carbonyl (C=O) groups is 1. The number of carbonyl (C=O) groups excluding carboxylic acids is 2. The molecule has 0 aromatic heterocycles. The number of primary amides is 1. The first-order valence-corrected chi connectivity index (χ1v) is 8.99. The van der Waals surface area contributed by atoms with E-state index in [1.165, 1.54) is 0 Å². The van der Waals surface area contributed by atoms with E-state index in [4.69, 9.17) is 5.73 Å². The number of amides is 1. The van der Waals surface area contributed by atoms with Gasteiger partial charge in [-0.25, -0.2) is 0 Å². The van der Waals surface area contributed by atoms with Crippen LogP contribution in [-0.2, 0) is 9.59 Å². The first-order valence-electron chi connectivity index (χ1n) is 6.66. The van der Waals surface area contributed by atoms with Gasteiger partial charge >= 0.3 is 137 Å². The normalized spacial score (nSPS) is 14.3. The maximum atomic E-state index is 11.1. The summed E-state index contributed by atoms with van der Waals surface area (Å²) >= 11 is -0.317. The number of alkyl halides is 1. The molecule has 3 unspecified atom stereocenters. The molecular weight excluding hydrogens is 619 g/mol. The van der Waals surface area contributed by atoms with E-state index in [1.807, 2.05) is 6.92 Å². The van der Waals surface area contributed by atoms with Crippen LogP contribution in [0.3, 0.4) is 0 Å². The topological polar surface area (TPSA) is 80.4 Å². The van der Waals surface area contributed by atoms with Gasteiger partial charge in [0, 0.05) is 31.1 Å². The Balaban J connectivity index is 0. The van der Waals surface area contributed by atoms with Gasteiger partial charge in [-0.2, -0.15) is 0 Å². The summed E-state index contributed by atoms with van der Waals surface area (Å²) in [5.41, 5.74) is 6.32. The summed E-state index contributed by atoms with van der Waals surface area (Å²) in [5.74, 6) is -1.30. The Kier molecular flexibility index (Phi) is 13.6. The average molecular weight is 643 g/mol. The molecule has 0 fully saturated rings. The van der Waals surface area contributed by atoms with Crippen LogP contribution >= 0.6 is 0 Å². The summed E-state index contributed by atoms with van der Waals surface area (Å²) in [4.78, 5) is 21.8. The fraction of sp³-hybridized carbons (Fsp3) is 0.500. The average Bonchev–Trinajstić information content (AvgIpc) is 2.34. The number of aliphatic hydroxyl groups excluding tert-OH is 1. The van der Waals surface area contributed by atoms with Crippen molar-refractivity contribution < 1.29 is 67.0 Å². The molecular formula is C16H24INO3U-2. The quantitative estimate of drug-likeness (QED) is 0.106. The van der Waals surface area contributed by atoms with E-state index in [0.717, 1.165) is 9.15 Å². The minimum Gasteiger partial charge on any atom is 0 e. The van der Waals surface area contributed by atoms with Crippen LogP contribution in [0, 0.1) is 42.9 Å². The molecule has 0 heterocycles. The molecule has 0 aliphatic heterocycles. The van der Waals surface area contributed by atoms with Gasteiger partial charge in [0.2, 0.25) is 0 Å². The number of nitrogens with two attached hydrogens (primary N) is 1. The summed E-state index contributed by atoms with van der Waals surface area (Å²) in [6, 6.07) is 0. The van der Waals surface area contributed by atoms with Crippen molar-refractivity contribution in [2.45, 2.75) is 37.0 Å². The standard InChI is InChI=1S/C16H24INO3.U/c1-10(2)12(4)17-11(3)8-15(13(5)20)14(6-7-19)9-16(18)21;/h12,14-15,20H,1,3,5-6,8-9H2,2,4H3,(H2,18,21);/q-2;. The number of allylic oxidation sites excluding steroid dienone is 3. The Morgan fingerprint density at radius 2 is 1.86 bits per heavy atom. The molecule has 3 atom stereocenters. The van der Waals surface area contributed by atoms with Gasteiger partial charge in [0.25, 0.3) is 0 Å². The second kappa shape index (κ2) is 12.4. The van der Waals surface area contributed by atoms with Gasteiger partial charge in [-0.05, 0) is 0 Å². The van der Waals surface area contributed by atoms with Crippen LogP contribution < -0.4 is 26.9 Å². The first kappa shape index (κ1) is 24.2. The van der Waals surface area contributed by atoms with Gasteiger partial charge in [-0.3, -0.25) is 0 Å². The van der Waals surface area contributed by atoms with Gasteiger partial charge in [0.15, 0.2) is 0 Å². The summed E-state index contributed by atoms with van der Waals surface area (Å²) in [5, 5.41) is 9.79. The van der Waals surface area contributed by atoms with Gasteiger partial charge in [-0.15, -0.1) is 0 Å². The molecule has 0 rings (SSSR count). The van der Waals surface area contributed by atoms with Crippen LogP contribution in [0.2, 0.25) is 0 Å². The summed E-state index contributed by atoms with van der Waals surface area (Å²) in [7, 11) is 0. The summed E-state index contributed by atoms with van der Waals surface area (Å²) in [6.07, 6.45) is 2.39. The fourth-order valence-corrected chi connectivity index (χ4v) is 4.47. The number of halogens is 1. The third-order valence-electron chi connectivity index (χ3n) is 3.24. The SMILES string of the molecule is C=C(CC(C(=C)O)C(C[C-]=O)CC(N)=O)[I-]C(C)C(=C)C.[U]. The molecule has 3 N–H and O–H groups in total. The number of aliphatic hydroxyl groups is 1. The second-order valence-corrected chi connectivity index (χ2v) is 9.19. The monoisotopic (exact) mass is 643 g/mol. The molecule has 0 saturated carbocycles. The Morgan fingerprint density at radius 1 is 1.32 bits per heavy atom. The van der Waals surface area contributed by atoms with Gasteiger partial charge in [0.05, 0.1) is 0 Å². The molecule has 0 saturated heterocycles. The predicted molar refractivity (Wildman–Crippen MR) is 80.9 cm³/mol. The molecule has 0 radical (unpaired) electrons. The van der Waals surface area contributed by atoms with Crippen LogP contribution in [0.1, 0.15) is 33.1 Å². The van der Waals surface area contributed by atoms with Crippen LogP contribution in [-0.4, -0.2) is 21.2 Å². The zero-order valence-electron chi connectivity index (χ0n) is 13.2. The Hall–Kier alpha value is -0.0581. The first-order chi connectivity index (χ1) is 9.68. The zero-order valence-corrected chi connectivity index (χ0v) is 19.5. The zero-order chi connectivity index (χ0) is 16.6. The van der Waals surface area contributed by atoms with Crippen molar-refractivity contribution in [1.82, 2.24) is 0 Å². The molecule has 0 aromatic carbocycles. The maximum Gasteiger partial charge on any atom is 0 e. The smallest absolute Gasteiger partial charge is 0 e. The van der Waals surface area contributed by atoms with E-state index in [0.29, 0.717) is 10.3 Å². The van der Waals surface area contributed by atoms with E-state index < -0.39 is 5.91 Å². The molecule has 1 amide bonds. The predicted octanol–water partition coefficient (Wildman–Crippen LogP) is -0.377.